The van der Waals surface area contributed by atoms with E-state index in [1.807, 2.05) is 28.8 Å². The number of ether oxygens (including phenoxy) is 1. The summed E-state index contributed by atoms with van der Waals surface area (Å²) < 4.78 is 12.8. The van der Waals surface area contributed by atoms with Gasteiger partial charge in [0.2, 0.25) is 0 Å². The van der Waals surface area contributed by atoms with Gasteiger partial charge in [0, 0.05) is 24.2 Å². The monoisotopic (exact) mass is 421 g/mol. The summed E-state index contributed by atoms with van der Waals surface area (Å²) in [6, 6.07) is 7.13. The number of methoxy groups -OCH3 is 1. The van der Waals surface area contributed by atoms with Gasteiger partial charge in [-0.05, 0) is 49.8 Å². The maximum atomic E-state index is 13.7. The van der Waals surface area contributed by atoms with E-state index in [0.717, 1.165) is 50.6 Å². The van der Waals surface area contributed by atoms with E-state index in [-0.39, 0.29) is 17.5 Å². The number of carbonyl (C=O) groups excluding carboxylic acids is 1. The molecule has 0 bridgehead atoms. The van der Waals surface area contributed by atoms with E-state index in [2.05, 4.69) is 0 Å². The summed E-state index contributed by atoms with van der Waals surface area (Å²) >= 11 is 0. The summed E-state index contributed by atoms with van der Waals surface area (Å²) in [4.78, 5) is 28.3. The molecule has 5 rings (SSSR count). The number of aromatic nitrogens is 2. The number of rotatable bonds is 5. The van der Waals surface area contributed by atoms with Crippen LogP contribution in [-0.2, 0) is 26.4 Å². The Balaban J connectivity index is 1.54. The fraction of sp³-hybridized carbons (Fsp3) is 0.458. The first kappa shape index (κ1) is 19.8. The Hall–Kier alpha value is -3.09. The zero-order valence-corrected chi connectivity index (χ0v) is 18.0. The molecule has 162 valence electrons. The first-order valence-corrected chi connectivity index (χ1v) is 11.0. The van der Waals surface area contributed by atoms with Crippen molar-refractivity contribution in [2.45, 2.75) is 57.5 Å². The molecule has 31 heavy (non-hydrogen) atoms. The smallest absolute Gasteiger partial charge is 0.349 e. The van der Waals surface area contributed by atoms with Crippen LogP contribution < -0.4 is 10.4 Å². The van der Waals surface area contributed by atoms with Gasteiger partial charge in [0.05, 0.1) is 19.3 Å². The van der Waals surface area contributed by atoms with Crippen LogP contribution >= 0.6 is 0 Å². The van der Waals surface area contributed by atoms with Crippen LogP contribution in [0.2, 0.25) is 0 Å². The van der Waals surface area contributed by atoms with Gasteiger partial charge in [0.1, 0.15) is 5.56 Å². The molecule has 0 spiro atoms. The van der Waals surface area contributed by atoms with Gasteiger partial charge in [-0.1, -0.05) is 25.0 Å². The van der Waals surface area contributed by atoms with Crippen molar-refractivity contribution < 1.29 is 13.9 Å². The van der Waals surface area contributed by atoms with Crippen LogP contribution in [0.3, 0.4) is 0 Å². The highest BCUT2D eigenvalue weighted by Gasteiger charge is 2.32. The van der Waals surface area contributed by atoms with E-state index in [4.69, 9.17) is 14.3 Å². The number of carbonyl (C=O) groups is 1. The molecule has 0 unspecified atom stereocenters. The molecule has 1 fully saturated rings. The van der Waals surface area contributed by atoms with Gasteiger partial charge in [-0.2, -0.15) is 5.10 Å². The van der Waals surface area contributed by atoms with Gasteiger partial charge in [-0.15, -0.1) is 0 Å². The predicted molar refractivity (Wildman–Crippen MR) is 116 cm³/mol. The van der Waals surface area contributed by atoms with Gasteiger partial charge < -0.3 is 14.1 Å². The summed E-state index contributed by atoms with van der Waals surface area (Å²) in [7, 11) is 3.50. The third-order valence-corrected chi connectivity index (χ3v) is 6.72. The molecule has 1 saturated carbocycles. The Morgan fingerprint density at radius 3 is 2.84 bits per heavy atom. The summed E-state index contributed by atoms with van der Waals surface area (Å²) in [5.41, 5.74) is 3.31. The van der Waals surface area contributed by atoms with Crippen LogP contribution in [0.5, 0.6) is 5.75 Å². The number of hydrogen-bond acceptors (Lipinski definition) is 5. The molecule has 7 nitrogen and oxygen atoms in total. The number of benzene rings is 1. The van der Waals surface area contributed by atoms with E-state index in [1.54, 1.807) is 12.1 Å². The van der Waals surface area contributed by atoms with E-state index >= 15 is 0 Å². The Labute approximate surface area is 180 Å². The summed E-state index contributed by atoms with van der Waals surface area (Å²) in [6.45, 7) is 0.433. The zero-order valence-electron chi connectivity index (χ0n) is 18.0. The minimum Gasteiger partial charge on any atom is -0.493 e. The highest BCUT2D eigenvalue weighted by molar-refractivity contribution is 5.97. The minimum atomic E-state index is -0.628. The molecule has 2 heterocycles. The molecule has 7 heteroatoms. The predicted octanol–water partition coefficient (Wildman–Crippen LogP) is 3.61. The minimum absolute atomic E-state index is 0.0697. The highest BCUT2D eigenvalue weighted by atomic mass is 16.5. The number of fused-ring (bicyclic) bond motifs is 2. The quantitative estimate of drug-likeness (QED) is 0.588. The molecule has 0 aliphatic heterocycles. The van der Waals surface area contributed by atoms with Crippen molar-refractivity contribution >= 4 is 16.9 Å². The molecule has 2 aromatic heterocycles. The Bertz CT molecular complexity index is 1200. The molecule has 2 aliphatic rings. The lowest BCUT2D eigenvalue weighted by Gasteiger charge is -2.28. The standard InChI is InChI=1S/C24H27N3O4/c1-26-20-11-6-10-17(20)19(25-26)14-27(16-8-3-4-9-16)23(28)18-13-15-7-5-12-21(30-2)22(15)31-24(18)29/h5,7,12-13,16H,3-4,6,8-11,14H2,1-2H3. The van der Waals surface area contributed by atoms with Crippen LogP contribution in [0.25, 0.3) is 11.0 Å². The van der Waals surface area contributed by atoms with Gasteiger partial charge >= 0.3 is 5.63 Å². The van der Waals surface area contributed by atoms with Crippen LogP contribution in [0.1, 0.15) is 59.4 Å². The number of amides is 1. The molecule has 0 N–H and O–H groups in total. The average Bonchev–Trinajstić information content (AvgIpc) is 3.51. The lowest BCUT2D eigenvalue weighted by molar-refractivity contribution is 0.0656. The number of nitrogens with zero attached hydrogens (tertiary/aromatic N) is 3. The van der Waals surface area contributed by atoms with E-state index in [9.17, 15) is 9.59 Å². The third-order valence-electron chi connectivity index (χ3n) is 6.72. The number of para-hydroxylation sites is 1. The second-order valence-electron chi connectivity index (χ2n) is 8.55. The molecule has 3 aromatic rings. The van der Waals surface area contributed by atoms with Crippen LogP contribution in [-0.4, -0.2) is 33.7 Å². The molecular formula is C24H27N3O4. The molecule has 0 atom stereocenters. The van der Waals surface area contributed by atoms with Gasteiger partial charge in [-0.3, -0.25) is 9.48 Å². The second kappa shape index (κ2) is 7.87. The zero-order chi connectivity index (χ0) is 21.5. The summed E-state index contributed by atoms with van der Waals surface area (Å²) in [5, 5.41) is 5.39. The molecule has 1 amide bonds. The van der Waals surface area contributed by atoms with E-state index in [1.165, 1.54) is 18.4 Å². The topological polar surface area (TPSA) is 77.6 Å². The van der Waals surface area contributed by atoms with Crippen LogP contribution in [0.15, 0.2) is 33.5 Å². The molecule has 2 aliphatic carbocycles. The second-order valence-corrected chi connectivity index (χ2v) is 8.55. The fourth-order valence-electron chi connectivity index (χ4n) is 5.15. The van der Waals surface area contributed by atoms with E-state index in [0.29, 0.717) is 23.3 Å². The number of aryl methyl sites for hydroxylation is 1. The van der Waals surface area contributed by atoms with Crippen molar-refractivity contribution in [3.8, 4) is 5.75 Å². The van der Waals surface area contributed by atoms with Crippen molar-refractivity contribution in [3.05, 3.63) is 57.2 Å². The van der Waals surface area contributed by atoms with E-state index < -0.39 is 5.63 Å². The molecule has 1 aromatic carbocycles. The number of hydrogen-bond donors (Lipinski definition) is 0. The lowest BCUT2D eigenvalue weighted by atomic mass is 10.1. The summed E-state index contributed by atoms with van der Waals surface area (Å²) in [5.74, 6) is 0.202. The summed E-state index contributed by atoms with van der Waals surface area (Å²) in [6.07, 6.45) is 7.26. The van der Waals surface area contributed by atoms with Crippen molar-refractivity contribution in [1.29, 1.82) is 0 Å². The van der Waals surface area contributed by atoms with Crippen LogP contribution in [0.4, 0.5) is 0 Å². The first-order chi connectivity index (χ1) is 15.1. The van der Waals surface area contributed by atoms with Crippen molar-refractivity contribution in [3.63, 3.8) is 0 Å². The Kier molecular flexibility index (Phi) is 5.04. The Morgan fingerprint density at radius 2 is 2.06 bits per heavy atom. The molecular weight excluding hydrogens is 394 g/mol. The Morgan fingerprint density at radius 1 is 1.26 bits per heavy atom. The van der Waals surface area contributed by atoms with Crippen molar-refractivity contribution in [2.24, 2.45) is 7.05 Å². The average molecular weight is 421 g/mol. The van der Waals surface area contributed by atoms with Gasteiger partial charge in [0.25, 0.3) is 5.91 Å². The van der Waals surface area contributed by atoms with Gasteiger partial charge in [0.15, 0.2) is 11.3 Å². The molecule has 0 radical (unpaired) electrons. The first-order valence-electron chi connectivity index (χ1n) is 11.0. The SMILES string of the molecule is COc1cccc2cc(C(=O)N(Cc3nn(C)c4c3CCC4)C3CCCC3)c(=O)oc12. The fourth-order valence-corrected chi connectivity index (χ4v) is 5.15. The third kappa shape index (κ3) is 3.42. The van der Waals surface area contributed by atoms with Crippen molar-refractivity contribution in [1.82, 2.24) is 14.7 Å². The lowest BCUT2D eigenvalue weighted by Crippen LogP contribution is -2.40. The highest BCUT2D eigenvalue weighted by Crippen LogP contribution is 2.31. The van der Waals surface area contributed by atoms with Crippen LogP contribution in [0, 0.1) is 0 Å². The van der Waals surface area contributed by atoms with Crippen molar-refractivity contribution in [2.75, 3.05) is 7.11 Å². The van der Waals surface area contributed by atoms with Gasteiger partial charge in [-0.25, -0.2) is 4.79 Å². The normalized spacial score (nSPS) is 16.1. The maximum Gasteiger partial charge on any atom is 0.349 e. The maximum absolute atomic E-state index is 13.7. The molecule has 0 saturated heterocycles. The largest absolute Gasteiger partial charge is 0.493 e.